The lowest BCUT2D eigenvalue weighted by atomic mass is 9.75. The standard InChI is InChI=1S/C24H37FN4O/c1-6-24(5,7-2)17(4)10-16(3)11-28-12-18-14-29(15-19(18)13-28)21-9-8-20(23(26)30)27-22(21)25/h8-9,16,18-19H,4,6-7,10-15H2,1-3,5H3,(H2,26,30). The minimum absolute atomic E-state index is 0.0281. The largest absolute Gasteiger partial charge is 0.367 e. The Morgan fingerprint density at radius 2 is 1.87 bits per heavy atom. The summed E-state index contributed by atoms with van der Waals surface area (Å²) in [5.41, 5.74) is 7.27. The van der Waals surface area contributed by atoms with Crippen LogP contribution in [-0.4, -0.2) is 48.5 Å². The van der Waals surface area contributed by atoms with Crippen molar-refractivity contribution in [1.82, 2.24) is 9.88 Å². The van der Waals surface area contributed by atoms with E-state index in [0.29, 0.717) is 23.4 Å². The smallest absolute Gasteiger partial charge is 0.267 e. The average Bonchev–Trinajstić information content (AvgIpc) is 3.25. The molecule has 1 aromatic rings. The average molecular weight is 417 g/mol. The molecule has 1 aromatic heterocycles. The molecule has 3 rings (SSSR count). The lowest BCUT2D eigenvalue weighted by Gasteiger charge is -2.32. The molecule has 0 aliphatic carbocycles. The first-order valence-corrected chi connectivity index (χ1v) is 11.3. The zero-order valence-corrected chi connectivity index (χ0v) is 19.0. The minimum Gasteiger partial charge on any atom is -0.367 e. The molecular formula is C24H37FN4O. The number of fused-ring (bicyclic) bond motifs is 1. The number of rotatable bonds is 9. The van der Waals surface area contributed by atoms with Gasteiger partial charge in [-0.15, -0.1) is 0 Å². The van der Waals surface area contributed by atoms with E-state index in [-0.39, 0.29) is 11.1 Å². The van der Waals surface area contributed by atoms with Gasteiger partial charge >= 0.3 is 0 Å². The van der Waals surface area contributed by atoms with Crippen LogP contribution in [0.4, 0.5) is 10.1 Å². The Morgan fingerprint density at radius 1 is 1.27 bits per heavy atom. The zero-order chi connectivity index (χ0) is 22.1. The highest BCUT2D eigenvalue weighted by molar-refractivity contribution is 5.90. The molecule has 2 aliphatic rings. The molecular weight excluding hydrogens is 379 g/mol. The monoisotopic (exact) mass is 416 g/mol. The van der Waals surface area contributed by atoms with Crippen molar-refractivity contribution in [2.75, 3.05) is 37.6 Å². The highest BCUT2D eigenvalue weighted by Gasteiger charge is 2.41. The van der Waals surface area contributed by atoms with E-state index in [1.807, 2.05) is 0 Å². The molecule has 1 amide bonds. The van der Waals surface area contributed by atoms with Gasteiger partial charge in [0.05, 0.1) is 5.69 Å². The van der Waals surface area contributed by atoms with Crippen LogP contribution in [0.3, 0.4) is 0 Å². The molecule has 0 radical (unpaired) electrons. The topological polar surface area (TPSA) is 62.5 Å². The van der Waals surface area contributed by atoms with Crippen molar-refractivity contribution in [3.63, 3.8) is 0 Å². The maximum Gasteiger partial charge on any atom is 0.267 e. The van der Waals surface area contributed by atoms with Gasteiger partial charge in [-0.25, -0.2) is 4.98 Å². The number of carbonyl (C=O) groups excluding carboxylic acids is 1. The van der Waals surface area contributed by atoms with Crippen molar-refractivity contribution in [1.29, 1.82) is 0 Å². The first kappa shape index (κ1) is 22.7. The van der Waals surface area contributed by atoms with Crippen LogP contribution in [0.5, 0.6) is 0 Å². The number of hydrogen-bond acceptors (Lipinski definition) is 4. The van der Waals surface area contributed by atoms with Gasteiger partial charge in [0.2, 0.25) is 5.95 Å². The molecule has 0 aromatic carbocycles. The van der Waals surface area contributed by atoms with E-state index in [1.54, 1.807) is 6.07 Å². The van der Waals surface area contributed by atoms with Crippen LogP contribution < -0.4 is 10.6 Å². The summed E-state index contributed by atoms with van der Waals surface area (Å²) in [7, 11) is 0. The second kappa shape index (κ2) is 9.04. The van der Waals surface area contributed by atoms with Gasteiger partial charge < -0.3 is 15.5 Å². The van der Waals surface area contributed by atoms with Gasteiger partial charge in [-0.3, -0.25) is 4.79 Å². The summed E-state index contributed by atoms with van der Waals surface area (Å²) in [6.45, 7) is 18.5. The van der Waals surface area contributed by atoms with Crippen LogP contribution in [0.15, 0.2) is 24.3 Å². The molecule has 0 spiro atoms. The minimum atomic E-state index is -0.704. The highest BCUT2D eigenvalue weighted by Crippen LogP contribution is 2.38. The number of amides is 1. The number of allylic oxidation sites excluding steroid dienone is 1. The van der Waals surface area contributed by atoms with E-state index in [1.165, 1.54) is 11.6 Å². The van der Waals surface area contributed by atoms with E-state index in [0.717, 1.165) is 52.0 Å². The van der Waals surface area contributed by atoms with Crippen LogP contribution in [0.1, 0.15) is 57.4 Å². The summed E-state index contributed by atoms with van der Waals surface area (Å²) in [5.74, 6) is 0.377. The third kappa shape index (κ3) is 4.69. The summed E-state index contributed by atoms with van der Waals surface area (Å²) in [6, 6.07) is 3.14. The van der Waals surface area contributed by atoms with Gasteiger partial charge in [0.1, 0.15) is 5.69 Å². The Balaban J connectivity index is 1.52. The predicted octanol–water partition coefficient (Wildman–Crippen LogP) is 4.10. The van der Waals surface area contributed by atoms with E-state index < -0.39 is 11.9 Å². The molecule has 3 heterocycles. The highest BCUT2D eigenvalue weighted by atomic mass is 19.1. The Labute approximate surface area is 180 Å². The summed E-state index contributed by atoms with van der Waals surface area (Å²) in [5, 5.41) is 0. The van der Waals surface area contributed by atoms with Crippen molar-refractivity contribution < 1.29 is 9.18 Å². The SMILES string of the molecule is C=C(CC(C)CN1CC2CN(c3ccc(C(N)=O)nc3F)CC2C1)C(C)(CC)CC. The molecule has 0 bridgehead atoms. The van der Waals surface area contributed by atoms with Crippen molar-refractivity contribution in [3.8, 4) is 0 Å². The molecule has 0 saturated carbocycles. The number of hydrogen-bond donors (Lipinski definition) is 1. The maximum absolute atomic E-state index is 14.4. The van der Waals surface area contributed by atoms with Crippen LogP contribution in [0, 0.1) is 29.1 Å². The van der Waals surface area contributed by atoms with Crippen LogP contribution in [0.25, 0.3) is 0 Å². The number of carbonyl (C=O) groups is 1. The second-order valence-corrected chi connectivity index (χ2v) is 9.69. The number of likely N-dealkylation sites (tertiary alicyclic amines) is 1. The zero-order valence-electron chi connectivity index (χ0n) is 19.0. The molecule has 5 nitrogen and oxygen atoms in total. The first-order chi connectivity index (χ1) is 14.2. The maximum atomic E-state index is 14.4. The van der Waals surface area contributed by atoms with E-state index in [2.05, 4.69) is 49.1 Å². The van der Waals surface area contributed by atoms with Gasteiger partial charge in [-0.1, -0.05) is 39.8 Å². The summed E-state index contributed by atoms with van der Waals surface area (Å²) >= 11 is 0. The molecule has 2 saturated heterocycles. The molecule has 2 aliphatic heterocycles. The molecule has 2 fully saturated rings. The van der Waals surface area contributed by atoms with Gasteiger partial charge in [0.25, 0.3) is 5.91 Å². The fraction of sp³-hybridized carbons (Fsp3) is 0.667. The van der Waals surface area contributed by atoms with Gasteiger partial charge in [-0.05, 0) is 54.6 Å². The second-order valence-electron chi connectivity index (χ2n) is 9.69. The summed E-state index contributed by atoms with van der Waals surface area (Å²) in [4.78, 5) is 19.6. The fourth-order valence-electron chi connectivity index (χ4n) is 5.16. The molecule has 30 heavy (non-hydrogen) atoms. The first-order valence-electron chi connectivity index (χ1n) is 11.3. The van der Waals surface area contributed by atoms with Crippen LogP contribution in [-0.2, 0) is 0 Å². The number of nitrogens with two attached hydrogens (primary N) is 1. The molecule has 3 unspecified atom stereocenters. The predicted molar refractivity (Wildman–Crippen MR) is 120 cm³/mol. The number of anilines is 1. The third-order valence-electron chi connectivity index (χ3n) is 7.56. The summed E-state index contributed by atoms with van der Waals surface area (Å²) < 4.78 is 14.4. The van der Waals surface area contributed by atoms with E-state index in [9.17, 15) is 9.18 Å². The number of nitrogens with zero attached hydrogens (tertiary/aromatic N) is 3. The Bertz CT molecular complexity index is 777. The van der Waals surface area contributed by atoms with E-state index >= 15 is 0 Å². The number of primary amides is 1. The quantitative estimate of drug-likeness (QED) is 0.486. The van der Waals surface area contributed by atoms with Gasteiger partial charge in [-0.2, -0.15) is 4.39 Å². The molecule has 3 atom stereocenters. The normalized spacial score (nSPS) is 22.9. The van der Waals surface area contributed by atoms with Crippen molar-refractivity contribution >= 4 is 11.6 Å². The Kier molecular flexibility index (Phi) is 6.85. The van der Waals surface area contributed by atoms with Crippen molar-refractivity contribution in [3.05, 3.63) is 35.9 Å². The van der Waals surface area contributed by atoms with Crippen LogP contribution in [0.2, 0.25) is 0 Å². The number of pyridine rings is 1. The third-order valence-corrected chi connectivity index (χ3v) is 7.56. The summed E-state index contributed by atoms with van der Waals surface area (Å²) in [6.07, 6.45) is 3.37. The Morgan fingerprint density at radius 3 is 2.37 bits per heavy atom. The molecule has 2 N–H and O–H groups in total. The lowest BCUT2D eigenvalue weighted by Crippen LogP contribution is -2.32. The number of halogens is 1. The number of aromatic nitrogens is 1. The van der Waals surface area contributed by atoms with Crippen LogP contribution >= 0.6 is 0 Å². The molecule has 6 heteroatoms. The fourth-order valence-corrected chi connectivity index (χ4v) is 5.16. The Hall–Kier alpha value is -1.95. The van der Waals surface area contributed by atoms with Gasteiger partial charge in [0.15, 0.2) is 0 Å². The van der Waals surface area contributed by atoms with Gasteiger partial charge in [0, 0.05) is 32.7 Å². The van der Waals surface area contributed by atoms with Crippen molar-refractivity contribution in [2.45, 2.75) is 47.0 Å². The van der Waals surface area contributed by atoms with E-state index in [4.69, 9.17) is 5.73 Å². The lowest BCUT2D eigenvalue weighted by molar-refractivity contribution is 0.0994. The van der Waals surface area contributed by atoms with Crippen molar-refractivity contribution in [2.24, 2.45) is 28.9 Å². The molecule has 166 valence electrons.